The summed E-state index contributed by atoms with van der Waals surface area (Å²) in [7, 11) is 1.58. The van der Waals surface area contributed by atoms with Gasteiger partial charge in [-0.1, -0.05) is 11.3 Å². The van der Waals surface area contributed by atoms with Crippen LogP contribution in [-0.2, 0) is 4.74 Å². The molecule has 0 aliphatic heterocycles. The van der Waals surface area contributed by atoms with Crippen molar-refractivity contribution in [2.24, 2.45) is 0 Å². The van der Waals surface area contributed by atoms with Crippen molar-refractivity contribution in [1.82, 2.24) is 9.38 Å². The Kier molecular flexibility index (Phi) is 3.34. The third-order valence-corrected chi connectivity index (χ3v) is 4.05. The number of ether oxygens (including phenoxy) is 2. The Labute approximate surface area is 123 Å². The number of rotatable bonds is 3. The van der Waals surface area contributed by atoms with Gasteiger partial charge in [-0.3, -0.25) is 9.20 Å². The number of nitrogens with zero attached hydrogens (tertiary/aromatic N) is 2. The molecule has 0 fully saturated rings. The van der Waals surface area contributed by atoms with Crippen molar-refractivity contribution in [3.63, 3.8) is 0 Å². The van der Waals surface area contributed by atoms with Crippen molar-refractivity contribution in [2.45, 2.75) is 6.92 Å². The molecule has 0 saturated carbocycles. The summed E-state index contributed by atoms with van der Waals surface area (Å²) in [6.07, 6.45) is 1.27. The van der Waals surface area contributed by atoms with Crippen molar-refractivity contribution >= 4 is 32.5 Å². The van der Waals surface area contributed by atoms with Crippen molar-refractivity contribution in [3.05, 3.63) is 40.3 Å². The van der Waals surface area contributed by atoms with E-state index < -0.39 is 11.5 Å². The zero-order valence-corrected chi connectivity index (χ0v) is 12.3. The molecule has 2 heterocycles. The molecule has 0 aliphatic rings. The highest BCUT2D eigenvalue weighted by molar-refractivity contribution is 7.23. The van der Waals surface area contributed by atoms with Crippen molar-refractivity contribution in [3.8, 4) is 5.75 Å². The number of fused-ring (bicyclic) bond motifs is 3. The van der Waals surface area contributed by atoms with Gasteiger partial charge in [0, 0.05) is 0 Å². The summed E-state index contributed by atoms with van der Waals surface area (Å²) in [6.45, 7) is 1.90. The average Bonchev–Trinajstić information content (AvgIpc) is 2.85. The van der Waals surface area contributed by atoms with Crippen LogP contribution in [0.25, 0.3) is 15.2 Å². The third-order valence-electron chi connectivity index (χ3n) is 3.03. The van der Waals surface area contributed by atoms with Gasteiger partial charge in [-0.15, -0.1) is 0 Å². The molecule has 7 heteroatoms. The number of methoxy groups -OCH3 is 1. The van der Waals surface area contributed by atoms with Crippen LogP contribution in [0.2, 0.25) is 0 Å². The highest BCUT2D eigenvalue weighted by atomic mass is 32.1. The van der Waals surface area contributed by atoms with Crippen LogP contribution in [0, 0.1) is 0 Å². The lowest BCUT2D eigenvalue weighted by Gasteiger charge is -2.02. The number of carbonyl (C=O) groups excluding carboxylic acids is 1. The largest absolute Gasteiger partial charge is 0.497 e. The Morgan fingerprint density at radius 1 is 1.43 bits per heavy atom. The number of carbonyl (C=O) groups is 1. The summed E-state index contributed by atoms with van der Waals surface area (Å²) in [5, 5.41) is 0. The lowest BCUT2D eigenvalue weighted by atomic mass is 10.3. The quantitative estimate of drug-likeness (QED) is 0.693. The van der Waals surface area contributed by atoms with E-state index in [0.29, 0.717) is 16.2 Å². The van der Waals surface area contributed by atoms with E-state index in [9.17, 15) is 9.59 Å². The lowest BCUT2D eigenvalue weighted by molar-refractivity contribution is 0.0523. The molecule has 0 atom stereocenters. The summed E-state index contributed by atoms with van der Waals surface area (Å²) < 4.78 is 12.3. The van der Waals surface area contributed by atoms with E-state index in [4.69, 9.17) is 9.47 Å². The van der Waals surface area contributed by atoms with Crippen LogP contribution in [0.1, 0.15) is 17.3 Å². The van der Waals surface area contributed by atoms with Crippen LogP contribution in [0.5, 0.6) is 5.75 Å². The predicted molar refractivity (Wildman–Crippen MR) is 79.4 cm³/mol. The van der Waals surface area contributed by atoms with Gasteiger partial charge in [0.15, 0.2) is 4.96 Å². The molecule has 0 amide bonds. The first kappa shape index (κ1) is 13.6. The maximum atomic E-state index is 12.5. The van der Waals surface area contributed by atoms with E-state index in [2.05, 4.69) is 4.98 Å². The van der Waals surface area contributed by atoms with Gasteiger partial charge in [0.25, 0.3) is 5.56 Å². The minimum Gasteiger partial charge on any atom is -0.497 e. The van der Waals surface area contributed by atoms with Crippen LogP contribution in [-0.4, -0.2) is 29.1 Å². The molecule has 3 aromatic rings. The fraction of sp³-hybridized carbons (Fsp3) is 0.214. The standard InChI is InChI=1S/C14H12N2O4S/c1-3-20-13(18)9-7-15-14-16(12(9)17)10-5-4-8(19-2)6-11(10)21-14/h4-7H,3H2,1-2H3. The summed E-state index contributed by atoms with van der Waals surface area (Å²) in [5.41, 5.74) is 0.208. The Hall–Kier alpha value is -2.41. The van der Waals surface area contributed by atoms with Gasteiger partial charge in [-0.2, -0.15) is 0 Å². The van der Waals surface area contributed by atoms with Crippen molar-refractivity contribution in [2.75, 3.05) is 13.7 Å². The molecule has 6 nitrogen and oxygen atoms in total. The van der Waals surface area contributed by atoms with Crippen LogP contribution < -0.4 is 10.3 Å². The van der Waals surface area contributed by atoms with Gasteiger partial charge >= 0.3 is 5.97 Å². The molecule has 1 aromatic carbocycles. The van der Waals surface area contributed by atoms with Gasteiger partial charge in [0.1, 0.15) is 11.3 Å². The molecule has 0 aliphatic carbocycles. The zero-order chi connectivity index (χ0) is 15.0. The number of hydrogen-bond donors (Lipinski definition) is 0. The fourth-order valence-corrected chi connectivity index (χ4v) is 3.07. The maximum Gasteiger partial charge on any atom is 0.345 e. The summed E-state index contributed by atoms with van der Waals surface area (Å²) >= 11 is 1.36. The van der Waals surface area contributed by atoms with E-state index in [1.54, 1.807) is 26.2 Å². The van der Waals surface area contributed by atoms with E-state index in [1.165, 1.54) is 21.9 Å². The fourth-order valence-electron chi connectivity index (χ4n) is 2.06. The first-order valence-corrected chi connectivity index (χ1v) is 7.12. The Bertz CT molecular complexity index is 897. The van der Waals surface area contributed by atoms with Gasteiger partial charge in [0.2, 0.25) is 0 Å². The summed E-state index contributed by atoms with van der Waals surface area (Å²) in [5.74, 6) is 0.0463. The molecular weight excluding hydrogens is 292 g/mol. The first-order chi connectivity index (χ1) is 10.2. The number of benzene rings is 1. The minimum atomic E-state index is -0.655. The zero-order valence-electron chi connectivity index (χ0n) is 11.5. The molecule has 3 rings (SSSR count). The molecule has 0 unspecified atom stereocenters. The van der Waals surface area contributed by atoms with Crippen molar-refractivity contribution in [1.29, 1.82) is 0 Å². The third kappa shape index (κ3) is 2.15. The Morgan fingerprint density at radius 2 is 2.24 bits per heavy atom. The number of esters is 1. The van der Waals surface area contributed by atoms with Crippen LogP contribution >= 0.6 is 11.3 Å². The molecule has 0 bridgehead atoms. The number of hydrogen-bond acceptors (Lipinski definition) is 6. The van der Waals surface area contributed by atoms with E-state index in [0.717, 1.165) is 4.70 Å². The van der Waals surface area contributed by atoms with E-state index >= 15 is 0 Å². The summed E-state index contributed by atoms with van der Waals surface area (Å²) in [6, 6.07) is 5.37. The normalized spacial score (nSPS) is 11.0. The highest BCUT2D eigenvalue weighted by Crippen LogP contribution is 2.27. The Balaban J connectivity index is 2.29. The van der Waals surface area contributed by atoms with Gasteiger partial charge in [-0.25, -0.2) is 9.78 Å². The predicted octanol–water partition coefficient (Wildman–Crippen LogP) is 2.09. The van der Waals surface area contributed by atoms with Crippen LogP contribution in [0.3, 0.4) is 0 Å². The second-order valence-corrected chi connectivity index (χ2v) is 5.26. The average molecular weight is 304 g/mol. The molecule has 0 spiro atoms. The minimum absolute atomic E-state index is 0.0649. The lowest BCUT2D eigenvalue weighted by Crippen LogP contribution is -2.23. The highest BCUT2D eigenvalue weighted by Gasteiger charge is 2.17. The SMILES string of the molecule is CCOC(=O)c1cnc2sc3cc(OC)ccc3n2c1=O. The topological polar surface area (TPSA) is 69.9 Å². The van der Waals surface area contributed by atoms with Gasteiger partial charge < -0.3 is 9.47 Å². The van der Waals surface area contributed by atoms with Gasteiger partial charge in [-0.05, 0) is 25.1 Å². The van der Waals surface area contributed by atoms with Gasteiger partial charge in [0.05, 0.1) is 30.1 Å². The second kappa shape index (κ2) is 5.17. The molecule has 0 radical (unpaired) electrons. The van der Waals surface area contributed by atoms with Crippen LogP contribution in [0.4, 0.5) is 0 Å². The first-order valence-electron chi connectivity index (χ1n) is 6.31. The maximum absolute atomic E-state index is 12.5. The smallest absolute Gasteiger partial charge is 0.345 e. The van der Waals surface area contributed by atoms with Crippen molar-refractivity contribution < 1.29 is 14.3 Å². The molecule has 0 N–H and O–H groups in total. The molecule has 2 aromatic heterocycles. The molecular formula is C14H12N2O4S. The molecule has 21 heavy (non-hydrogen) atoms. The molecule has 108 valence electrons. The second-order valence-electron chi connectivity index (χ2n) is 4.25. The Morgan fingerprint density at radius 3 is 2.95 bits per heavy atom. The number of thiazole rings is 1. The van der Waals surface area contributed by atoms with E-state index in [-0.39, 0.29) is 12.2 Å². The monoisotopic (exact) mass is 304 g/mol. The summed E-state index contributed by atoms with van der Waals surface area (Å²) in [4.78, 5) is 28.9. The molecule has 0 saturated heterocycles. The van der Waals surface area contributed by atoms with Crippen LogP contribution in [0.15, 0.2) is 29.2 Å². The number of aromatic nitrogens is 2. The van der Waals surface area contributed by atoms with E-state index in [1.807, 2.05) is 6.07 Å².